The van der Waals surface area contributed by atoms with Crippen molar-refractivity contribution in [3.05, 3.63) is 39.3 Å². The average molecular weight is 550 g/mol. The monoisotopic (exact) mass is 549 g/mol. The minimum atomic E-state index is -4.46. The van der Waals surface area contributed by atoms with Gasteiger partial charge in [0.1, 0.15) is 16.6 Å². The van der Waals surface area contributed by atoms with Gasteiger partial charge in [-0.05, 0) is 38.7 Å². The zero-order chi connectivity index (χ0) is 25.9. The Hall–Kier alpha value is -1.51. The van der Waals surface area contributed by atoms with E-state index in [-0.39, 0.29) is 43.5 Å². The van der Waals surface area contributed by atoms with Gasteiger partial charge in [-0.25, -0.2) is 8.42 Å². The summed E-state index contributed by atoms with van der Waals surface area (Å²) in [4.78, 5) is 1.99. The molecular formula is C23H30F3N3O5S2. The number of piperidine rings is 1. The number of rotatable bonds is 4. The van der Waals surface area contributed by atoms with E-state index < -0.39 is 38.2 Å². The van der Waals surface area contributed by atoms with Crippen LogP contribution in [0.3, 0.4) is 0 Å². The quantitative estimate of drug-likeness (QED) is 0.604. The first-order valence-electron chi connectivity index (χ1n) is 12.0. The third-order valence-corrected chi connectivity index (χ3v) is 10.7. The molecule has 2 N–H and O–H groups in total. The molecule has 2 saturated heterocycles. The lowest BCUT2D eigenvalue weighted by atomic mass is 9.81. The van der Waals surface area contributed by atoms with Gasteiger partial charge in [0.15, 0.2) is 9.84 Å². The Bertz CT molecular complexity index is 1210. The third-order valence-electron chi connectivity index (χ3n) is 7.67. The van der Waals surface area contributed by atoms with Crippen molar-refractivity contribution in [1.82, 2.24) is 14.7 Å². The van der Waals surface area contributed by atoms with E-state index in [2.05, 4.69) is 10.00 Å². The van der Waals surface area contributed by atoms with Crippen LogP contribution in [0.2, 0.25) is 0 Å². The second kappa shape index (κ2) is 9.05. The number of aromatic nitrogens is 2. The number of ether oxygens (including phenoxy) is 1. The van der Waals surface area contributed by atoms with E-state index in [4.69, 9.17) is 4.74 Å². The van der Waals surface area contributed by atoms with E-state index in [1.165, 1.54) is 0 Å². The lowest BCUT2D eigenvalue weighted by Crippen LogP contribution is -2.50. The Labute approximate surface area is 211 Å². The van der Waals surface area contributed by atoms with Gasteiger partial charge in [0.05, 0.1) is 36.5 Å². The number of fused-ring (bicyclic) bond motifs is 2. The highest BCUT2D eigenvalue weighted by atomic mass is 32.2. The van der Waals surface area contributed by atoms with Crippen molar-refractivity contribution in [2.24, 2.45) is 0 Å². The standard InChI is InChI=1S/C23H30F3N3O5S2/c1-15-9-22(20-17(18(30)13-34-22)8-19(35-20)23(24,25)26)2-5-28(15)11-16-10-27-29(12-16)14-21(31)3-6-36(32,33)7-4-21/h8,10,12,15,18,30-31H,2-7,9,11,13-14H2,1H3/t15-,18+,22+/m0/s1. The minimum Gasteiger partial charge on any atom is -0.388 e. The molecule has 0 aliphatic carbocycles. The molecular weight excluding hydrogens is 519 g/mol. The summed E-state index contributed by atoms with van der Waals surface area (Å²) in [6, 6.07) is 1.07. The number of likely N-dealkylation sites (tertiary alicyclic amines) is 1. The fraction of sp³-hybridized carbons (Fsp3) is 0.696. The van der Waals surface area contributed by atoms with Crippen LogP contribution in [0.4, 0.5) is 13.2 Å². The highest BCUT2D eigenvalue weighted by Crippen LogP contribution is 2.51. The molecule has 2 fully saturated rings. The van der Waals surface area contributed by atoms with Gasteiger partial charge in [-0.2, -0.15) is 18.3 Å². The molecule has 0 saturated carbocycles. The van der Waals surface area contributed by atoms with Crippen LogP contribution < -0.4 is 0 Å². The highest BCUT2D eigenvalue weighted by molar-refractivity contribution is 7.91. The van der Waals surface area contributed by atoms with Gasteiger partial charge in [-0.3, -0.25) is 9.58 Å². The van der Waals surface area contributed by atoms with Crippen LogP contribution in [0.15, 0.2) is 18.5 Å². The fourth-order valence-electron chi connectivity index (χ4n) is 5.55. The zero-order valence-corrected chi connectivity index (χ0v) is 21.5. The molecule has 5 rings (SSSR count). The van der Waals surface area contributed by atoms with Gasteiger partial charge < -0.3 is 14.9 Å². The van der Waals surface area contributed by atoms with E-state index in [0.717, 1.165) is 11.6 Å². The Balaban J connectivity index is 1.25. The SMILES string of the molecule is C[C@H]1C[C@@]2(CCN1Cc1cnn(CC3(O)CCS(=O)(=O)CC3)c1)OC[C@@H](O)c1cc(C(F)(F)F)sc12. The van der Waals surface area contributed by atoms with Crippen LogP contribution in [-0.2, 0) is 39.4 Å². The topological polar surface area (TPSA) is 105 Å². The minimum absolute atomic E-state index is 0.00867. The average Bonchev–Trinajstić information content (AvgIpc) is 3.44. The predicted octanol–water partition coefficient (Wildman–Crippen LogP) is 2.85. The van der Waals surface area contributed by atoms with Crippen LogP contribution in [0.1, 0.15) is 59.6 Å². The maximum atomic E-state index is 13.4. The molecule has 0 unspecified atom stereocenters. The first kappa shape index (κ1) is 26.1. The highest BCUT2D eigenvalue weighted by Gasteiger charge is 2.48. The van der Waals surface area contributed by atoms with Crippen molar-refractivity contribution < 1.29 is 36.5 Å². The smallest absolute Gasteiger partial charge is 0.388 e. The van der Waals surface area contributed by atoms with Gasteiger partial charge >= 0.3 is 6.18 Å². The lowest BCUT2D eigenvalue weighted by molar-refractivity contribution is -0.139. The summed E-state index contributed by atoms with van der Waals surface area (Å²) in [5.74, 6) is -0.0552. The second-order valence-corrected chi connectivity index (χ2v) is 13.8. The number of sulfone groups is 1. The van der Waals surface area contributed by atoms with Crippen LogP contribution in [-0.4, -0.2) is 69.6 Å². The van der Waals surface area contributed by atoms with E-state index >= 15 is 0 Å². The molecule has 13 heteroatoms. The fourth-order valence-corrected chi connectivity index (χ4v) is 8.40. The Morgan fingerprint density at radius 3 is 2.67 bits per heavy atom. The number of alkyl halides is 3. The van der Waals surface area contributed by atoms with Gasteiger partial charge in [0.25, 0.3) is 0 Å². The number of aliphatic hydroxyl groups excluding tert-OH is 1. The molecule has 0 aromatic carbocycles. The first-order valence-corrected chi connectivity index (χ1v) is 14.6. The second-order valence-electron chi connectivity index (χ2n) is 10.4. The number of hydrogen-bond acceptors (Lipinski definition) is 8. The van der Waals surface area contributed by atoms with E-state index in [0.29, 0.717) is 47.7 Å². The maximum Gasteiger partial charge on any atom is 0.425 e. The third kappa shape index (κ3) is 5.10. The van der Waals surface area contributed by atoms with E-state index in [1.807, 2.05) is 13.1 Å². The van der Waals surface area contributed by atoms with Crippen LogP contribution in [0.25, 0.3) is 0 Å². The summed E-state index contributed by atoms with van der Waals surface area (Å²) in [5.41, 5.74) is -0.682. The lowest BCUT2D eigenvalue weighted by Gasteiger charge is -2.47. The number of nitrogens with zero attached hydrogens (tertiary/aromatic N) is 3. The van der Waals surface area contributed by atoms with Crippen molar-refractivity contribution in [1.29, 1.82) is 0 Å². The molecule has 5 heterocycles. The van der Waals surface area contributed by atoms with Gasteiger partial charge in [0.2, 0.25) is 0 Å². The number of thiophene rings is 1. The molecule has 8 nitrogen and oxygen atoms in total. The van der Waals surface area contributed by atoms with E-state index in [1.54, 1.807) is 10.9 Å². The number of aliphatic hydroxyl groups is 2. The van der Waals surface area contributed by atoms with Crippen molar-refractivity contribution in [2.75, 3.05) is 24.7 Å². The molecule has 200 valence electrons. The van der Waals surface area contributed by atoms with Crippen molar-refractivity contribution in [2.45, 2.75) is 75.2 Å². The molecule has 2 aromatic heterocycles. The van der Waals surface area contributed by atoms with Gasteiger partial charge in [-0.15, -0.1) is 11.3 Å². The van der Waals surface area contributed by atoms with Crippen molar-refractivity contribution in [3.8, 4) is 0 Å². The molecule has 2 aromatic rings. The molecule has 36 heavy (non-hydrogen) atoms. The molecule has 0 amide bonds. The summed E-state index contributed by atoms with van der Waals surface area (Å²) < 4.78 is 71.2. The molecule has 0 radical (unpaired) electrons. The summed E-state index contributed by atoms with van der Waals surface area (Å²) in [7, 11) is -3.08. The zero-order valence-electron chi connectivity index (χ0n) is 19.9. The van der Waals surface area contributed by atoms with Crippen LogP contribution >= 0.6 is 11.3 Å². The maximum absolute atomic E-state index is 13.4. The van der Waals surface area contributed by atoms with Gasteiger partial charge in [0, 0.05) is 41.3 Å². The van der Waals surface area contributed by atoms with Gasteiger partial charge in [-0.1, -0.05) is 0 Å². The first-order chi connectivity index (χ1) is 16.8. The molecule has 1 spiro atoms. The number of halogens is 3. The van der Waals surface area contributed by atoms with Crippen LogP contribution in [0, 0.1) is 0 Å². The summed E-state index contributed by atoms with van der Waals surface area (Å²) in [5, 5.41) is 25.4. The Kier molecular flexibility index (Phi) is 6.57. The normalized spacial score (nSPS) is 30.4. The molecule has 3 aliphatic heterocycles. The number of hydrogen-bond donors (Lipinski definition) is 2. The largest absolute Gasteiger partial charge is 0.425 e. The molecule has 3 aliphatic rings. The molecule has 3 atom stereocenters. The summed E-state index contributed by atoms with van der Waals surface area (Å²) >= 11 is 0.675. The Morgan fingerprint density at radius 2 is 2.00 bits per heavy atom. The summed E-state index contributed by atoms with van der Waals surface area (Å²) in [6.07, 6.45) is -0.565. The van der Waals surface area contributed by atoms with E-state index in [9.17, 15) is 31.8 Å². The summed E-state index contributed by atoms with van der Waals surface area (Å²) in [6.45, 7) is 3.40. The Morgan fingerprint density at radius 1 is 1.28 bits per heavy atom. The van der Waals surface area contributed by atoms with Crippen LogP contribution in [0.5, 0.6) is 0 Å². The van der Waals surface area contributed by atoms with Crippen molar-refractivity contribution >= 4 is 21.2 Å². The van der Waals surface area contributed by atoms with Crippen molar-refractivity contribution in [3.63, 3.8) is 0 Å². The predicted molar refractivity (Wildman–Crippen MR) is 126 cm³/mol. The molecule has 0 bridgehead atoms.